The maximum Gasteiger partial charge on any atom is 0.326 e. The van der Waals surface area contributed by atoms with E-state index in [0.717, 1.165) is 0 Å². The Kier molecular flexibility index (Phi) is 6.02. The van der Waals surface area contributed by atoms with Crippen molar-refractivity contribution >= 4 is 12.0 Å². The highest BCUT2D eigenvalue weighted by Crippen LogP contribution is 2.07. The number of carbonyl (C=O) groups excluding carboxylic acids is 1. The average Bonchev–Trinajstić information content (AvgIpc) is 2.87. The van der Waals surface area contributed by atoms with Crippen molar-refractivity contribution in [2.45, 2.75) is 33.2 Å². The van der Waals surface area contributed by atoms with Crippen molar-refractivity contribution in [1.82, 2.24) is 20.6 Å². The van der Waals surface area contributed by atoms with E-state index in [1.807, 2.05) is 6.92 Å². The highest BCUT2D eigenvalue weighted by Gasteiger charge is 2.21. The van der Waals surface area contributed by atoms with Gasteiger partial charge in [-0.25, -0.2) is 14.6 Å². The standard InChI is InChI=1S/C13H22N4O3/c1-8(2)9(3)5-15-13(20)17-11(12(18)19)4-10-6-14-7-16-10/h6-9,11H,4-5H2,1-3H3,(H,14,16)(H,18,19)(H2,15,17,20)/t9?,11-/m0/s1. The first-order valence-corrected chi connectivity index (χ1v) is 6.64. The van der Waals surface area contributed by atoms with Gasteiger partial charge in [-0.05, 0) is 11.8 Å². The molecule has 7 heteroatoms. The molecule has 1 unspecified atom stereocenters. The van der Waals surface area contributed by atoms with Crippen molar-refractivity contribution in [1.29, 1.82) is 0 Å². The second-order valence-corrected chi connectivity index (χ2v) is 5.25. The van der Waals surface area contributed by atoms with E-state index in [0.29, 0.717) is 24.1 Å². The van der Waals surface area contributed by atoms with Gasteiger partial charge in [0.05, 0.1) is 6.33 Å². The van der Waals surface area contributed by atoms with Gasteiger partial charge in [-0.3, -0.25) is 0 Å². The number of nitrogens with zero attached hydrogens (tertiary/aromatic N) is 1. The van der Waals surface area contributed by atoms with Gasteiger partial charge in [-0.1, -0.05) is 20.8 Å². The Morgan fingerprint density at radius 3 is 2.60 bits per heavy atom. The molecule has 0 saturated heterocycles. The number of nitrogens with one attached hydrogen (secondary N) is 3. The lowest BCUT2D eigenvalue weighted by atomic mass is 9.98. The smallest absolute Gasteiger partial charge is 0.326 e. The number of urea groups is 1. The first kappa shape index (κ1) is 16.0. The molecule has 20 heavy (non-hydrogen) atoms. The fourth-order valence-corrected chi connectivity index (χ4v) is 1.51. The number of carboxylic acids is 1. The summed E-state index contributed by atoms with van der Waals surface area (Å²) in [6, 6.07) is -1.45. The van der Waals surface area contributed by atoms with Crippen molar-refractivity contribution in [3.63, 3.8) is 0 Å². The summed E-state index contributed by atoms with van der Waals surface area (Å²) in [6.07, 6.45) is 3.18. The second-order valence-electron chi connectivity index (χ2n) is 5.25. The van der Waals surface area contributed by atoms with Crippen LogP contribution < -0.4 is 10.6 Å². The third-order valence-corrected chi connectivity index (χ3v) is 3.30. The van der Waals surface area contributed by atoms with E-state index in [2.05, 4.69) is 34.4 Å². The highest BCUT2D eigenvalue weighted by molar-refractivity contribution is 5.82. The van der Waals surface area contributed by atoms with Gasteiger partial charge in [0.15, 0.2) is 0 Å². The van der Waals surface area contributed by atoms with Gasteiger partial charge < -0.3 is 20.7 Å². The van der Waals surface area contributed by atoms with Crippen molar-refractivity contribution in [3.05, 3.63) is 18.2 Å². The maximum atomic E-state index is 11.7. The Bertz CT molecular complexity index is 431. The van der Waals surface area contributed by atoms with Gasteiger partial charge in [-0.2, -0.15) is 0 Å². The number of amides is 2. The Morgan fingerprint density at radius 1 is 1.40 bits per heavy atom. The monoisotopic (exact) mass is 282 g/mol. The summed E-state index contributed by atoms with van der Waals surface area (Å²) in [7, 11) is 0. The number of aliphatic carboxylic acids is 1. The largest absolute Gasteiger partial charge is 0.480 e. The van der Waals surface area contributed by atoms with Gasteiger partial charge in [0.25, 0.3) is 0 Å². The molecular formula is C13H22N4O3. The van der Waals surface area contributed by atoms with Gasteiger partial charge in [0.2, 0.25) is 0 Å². The average molecular weight is 282 g/mol. The number of hydrogen-bond donors (Lipinski definition) is 4. The zero-order chi connectivity index (χ0) is 15.1. The number of aromatic amines is 1. The molecule has 1 heterocycles. The van der Waals surface area contributed by atoms with Crippen LogP contribution in [0.1, 0.15) is 26.5 Å². The lowest BCUT2D eigenvalue weighted by Crippen LogP contribution is -2.48. The molecule has 0 spiro atoms. The Hall–Kier alpha value is -2.05. The van der Waals surface area contributed by atoms with Crippen LogP contribution in [0.4, 0.5) is 4.79 Å². The zero-order valence-electron chi connectivity index (χ0n) is 12.0. The molecule has 0 aliphatic rings. The minimum atomic E-state index is -1.08. The van der Waals surface area contributed by atoms with Crippen LogP contribution in [0.15, 0.2) is 12.5 Å². The van der Waals surface area contributed by atoms with E-state index in [1.165, 1.54) is 12.5 Å². The molecule has 0 saturated carbocycles. The van der Waals surface area contributed by atoms with Gasteiger partial charge in [0, 0.05) is 24.9 Å². The van der Waals surface area contributed by atoms with Crippen LogP contribution >= 0.6 is 0 Å². The van der Waals surface area contributed by atoms with Crippen LogP contribution in [0.3, 0.4) is 0 Å². The summed E-state index contributed by atoms with van der Waals surface area (Å²) in [5.74, 6) is -0.293. The maximum absolute atomic E-state index is 11.7. The summed E-state index contributed by atoms with van der Waals surface area (Å²) in [5, 5.41) is 14.3. The first-order chi connectivity index (χ1) is 9.40. The van der Waals surface area contributed by atoms with E-state index >= 15 is 0 Å². The Balaban J connectivity index is 2.45. The normalized spacial score (nSPS) is 13.8. The molecule has 1 rings (SSSR count). The van der Waals surface area contributed by atoms with Crippen molar-refractivity contribution < 1.29 is 14.7 Å². The fraction of sp³-hybridized carbons (Fsp3) is 0.615. The van der Waals surface area contributed by atoms with Crippen LogP contribution in [-0.2, 0) is 11.2 Å². The molecule has 112 valence electrons. The third kappa shape index (κ3) is 5.29. The number of aromatic nitrogens is 2. The number of imidazole rings is 1. The van der Waals surface area contributed by atoms with Crippen LogP contribution in [0.2, 0.25) is 0 Å². The van der Waals surface area contributed by atoms with Crippen LogP contribution in [-0.4, -0.2) is 39.7 Å². The van der Waals surface area contributed by atoms with Crippen LogP contribution in [0.5, 0.6) is 0 Å². The number of carbonyl (C=O) groups is 2. The zero-order valence-corrected chi connectivity index (χ0v) is 12.0. The molecule has 1 aromatic heterocycles. The molecule has 4 N–H and O–H groups in total. The number of rotatable bonds is 7. The van der Waals surface area contributed by atoms with Gasteiger partial charge in [-0.15, -0.1) is 0 Å². The van der Waals surface area contributed by atoms with Crippen molar-refractivity contribution in [2.24, 2.45) is 11.8 Å². The molecule has 0 aliphatic carbocycles. The second kappa shape index (κ2) is 7.52. The van der Waals surface area contributed by atoms with Crippen molar-refractivity contribution in [2.75, 3.05) is 6.54 Å². The molecule has 2 atom stereocenters. The summed E-state index contributed by atoms with van der Waals surface area (Å²) in [6.45, 7) is 6.69. The molecule has 0 fully saturated rings. The molecule has 1 aromatic rings. The van der Waals surface area contributed by atoms with Crippen LogP contribution in [0, 0.1) is 11.8 Å². The third-order valence-electron chi connectivity index (χ3n) is 3.30. The summed E-state index contributed by atoms with van der Waals surface area (Å²) in [4.78, 5) is 29.5. The van der Waals surface area contributed by atoms with E-state index < -0.39 is 18.0 Å². The Morgan fingerprint density at radius 2 is 2.10 bits per heavy atom. The van der Waals surface area contributed by atoms with E-state index in [-0.39, 0.29) is 6.42 Å². The van der Waals surface area contributed by atoms with E-state index in [1.54, 1.807) is 0 Å². The molecule has 0 bridgehead atoms. The minimum Gasteiger partial charge on any atom is -0.480 e. The fourth-order valence-electron chi connectivity index (χ4n) is 1.51. The lowest BCUT2D eigenvalue weighted by molar-refractivity contribution is -0.139. The Labute approximate surface area is 118 Å². The highest BCUT2D eigenvalue weighted by atomic mass is 16.4. The molecule has 0 aliphatic heterocycles. The number of H-pyrrole nitrogens is 1. The van der Waals surface area contributed by atoms with E-state index in [9.17, 15) is 9.59 Å². The molecular weight excluding hydrogens is 260 g/mol. The SMILES string of the molecule is CC(C)C(C)CNC(=O)N[C@@H](Cc1cnc[nH]1)C(=O)O. The number of hydrogen-bond acceptors (Lipinski definition) is 3. The molecule has 7 nitrogen and oxygen atoms in total. The summed E-state index contributed by atoms with van der Waals surface area (Å²) < 4.78 is 0. The summed E-state index contributed by atoms with van der Waals surface area (Å²) in [5.41, 5.74) is 0.660. The lowest BCUT2D eigenvalue weighted by Gasteiger charge is -2.18. The first-order valence-electron chi connectivity index (χ1n) is 6.64. The minimum absolute atomic E-state index is 0.169. The summed E-state index contributed by atoms with van der Waals surface area (Å²) >= 11 is 0. The van der Waals surface area contributed by atoms with E-state index in [4.69, 9.17) is 5.11 Å². The van der Waals surface area contributed by atoms with Gasteiger partial charge in [0.1, 0.15) is 6.04 Å². The van der Waals surface area contributed by atoms with Gasteiger partial charge >= 0.3 is 12.0 Å². The molecule has 2 amide bonds. The quantitative estimate of drug-likeness (QED) is 0.598. The number of carboxylic acid groups (broad SMARTS) is 1. The molecule has 0 radical (unpaired) electrons. The predicted molar refractivity (Wildman–Crippen MR) is 74.3 cm³/mol. The molecule has 0 aromatic carbocycles. The topological polar surface area (TPSA) is 107 Å². The van der Waals surface area contributed by atoms with Crippen molar-refractivity contribution in [3.8, 4) is 0 Å². The van der Waals surface area contributed by atoms with Crippen LogP contribution in [0.25, 0.3) is 0 Å². The predicted octanol–water partition coefficient (Wildman–Crippen LogP) is 0.997.